The van der Waals surface area contributed by atoms with E-state index in [9.17, 15) is 0 Å². The first-order valence-electron chi connectivity index (χ1n) is 5.10. The number of hydrogen-bond donors (Lipinski definition) is 1. The summed E-state index contributed by atoms with van der Waals surface area (Å²) in [5.41, 5.74) is 0. The molecule has 0 spiro atoms. The maximum Gasteiger partial charge on any atom is 0.225 e. The van der Waals surface area contributed by atoms with Gasteiger partial charge in [-0.25, -0.2) is 4.98 Å². The first-order valence-corrected chi connectivity index (χ1v) is 5.53. The Hall–Kier alpha value is -1.03. The average molecular weight is 230 g/mol. The van der Waals surface area contributed by atoms with Crippen LogP contribution in [0, 0.1) is 0 Å². The Morgan fingerprint density at radius 1 is 1.53 bits per heavy atom. The van der Waals surface area contributed by atoms with Crippen LogP contribution in [0.25, 0.3) is 0 Å². The van der Waals surface area contributed by atoms with Gasteiger partial charge in [-0.05, 0) is 13.3 Å². The summed E-state index contributed by atoms with van der Waals surface area (Å²) in [4.78, 5) is 8.23. The zero-order chi connectivity index (χ0) is 11.1. The van der Waals surface area contributed by atoms with E-state index in [1.54, 1.807) is 12.3 Å². The van der Waals surface area contributed by atoms with Gasteiger partial charge in [0.2, 0.25) is 11.8 Å². The monoisotopic (exact) mass is 229 g/mol. The molecule has 1 N–H and O–H groups in total. The number of alkyl halides is 1. The van der Waals surface area contributed by atoms with E-state index in [0.29, 0.717) is 25.0 Å². The fourth-order valence-electron chi connectivity index (χ4n) is 1.00. The van der Waals surface area contributed by atoms with Crippen LogP contribution in [0.4, 0.5) is 5.95 Å². The third kappa shape index (κ3) is 4.34. The van der Waals surface area contributed by atoms with Crippen molar-refractivity contribution >= 4 is 17.5 Å². The molecule has 0 aliphatic carbocycles. The number of nitrogens with zero attached hydrogens (tertiary/aromatic N) is 2. The van der Waals surface area contributed by atoms with E-state index in [1.807, 2.05) is 13.8 Å². The van der Waals surface area contributed by atoms with Crippen LogP contribution in [-0.2, 0) is 0 Å². The second-order valence-corrected chi connectivity index (χ2v) is 3.66. The number of halogens is 1. The minimum absolute atomic E-state index is 0.101. The van der Waals surface area contributed by atoms with Crippen LogP contribution in [-0.4, -0.2) is 28.5 Å². The van der Waals surface area contributed by atoms with Crippen molar-refractivity contribution in [3.63, 3.8) is 0 Å². The molecule has 1 unspecified atom stereocenters. The van der Waals surface area contributed by atoms with Gasteiger partial charge in [0.1, 0.15) is 0 Å². The zero-order valence-corrected chi connectivity index (χ0v) is 9.79. The highest BCUT2D eigenvalue weighted by Crippen LogP contribution is 2.09. The van der Waals surface area contributed by atoms with Crippen molar-refractivity contribution in [1.29, 1.82) is 0 Å². The lowest BCUT2D eigenvalue weighted by Crippen LogP contribution is -2.15. The molecule has 1 atom stereocenters. The first-order chi connectivity index (χ1) is 7.26. The fourth-order valence-corrected chi connectivity index (χ4v) is 1.08. The predicted octanol–water partition coefficient (Wildman–Crippen LogP) is 2.30. The number of rotatable bonds is 6. The number of anilines is 1. The number of aromatic nitrogens is 2. The van der Waals surface area contributed by atoms with Crippen LogP contribution in [0.1, 0.15) is 20.3 Å². The van der Waals surface area contributed by atoms with Gasteiger partial charge in [-0.2, -0.15) is 4.98 Å². The topological polar surface area (TPSA) is 47.0 Å². The summed E-state index contributed by atoms with van der Waals surface area (Å²) in [6.07, 6.45) is 2.58. The molecule has 0 amide bonds. The SMILES string of the molecule is CCOc1ccnc(NCC(Cl)CC)n1. The lowest BCUT2D eigenvalue weighted by Gasteiger charge is -2.09. The fraction of sp³-hybridized carbons (Fsp3) is 0.600. The average Bonchev–Trinajstić information content (AvgIpc) is 2.27. The van der Waals surface area contributed by atoms with E-state index in [2.05, 4.69) is 15.3 Å². The molecule has 0 fully saturated rings. The Morgan fingerprint density at radius 2 is 2.33 bits per heavy atom. The predicted molar refractivity (Wildman–Crippen MR) is 61.6 cm³/mol. The van der Waals surface area contributed by atoms with E-state index >= 15 is 0 Å². The van der Waals surface area contributed by atoms with Gasteiger partial charge in [0.15, 0.2) is 0 Å². The largest absolute Gasteiger partial charge is 0.478 e. The normalized spacial score (nSPS) is 12.2. The molecule has 1 aromatic rings. The van der Waals surface area contributed by atoms with Gasteiger partial charge in [0.25, 0.3) is 0 Å². The molecule has 0 aliphatic heterocycles. The van der Waals surface area contributed by atoms with Crippen molar-refractivity contribution in [3.8, 4) is 5.88 Å². The van der Waals surface area contributed by atoms with Crippen molar-refractivity contribution in [1.82, 2.24) is 9.97 Å². The third-order valence-electron chi connectivity index (χ3n) is 1.85. The second-order valence-electron chi connectivity index (χ2n) is 3.04. The Kier molecular flexibility index (Phi) is 5.18. The van der Waals surface area contributed by atoms with Gasteiger partial charge < -0.3 is 10.1 Å². The lowest BCUT2D eigenvalue weighted by molar-refractivity contribution is 0.326. The van der Waals surface area contributed by atoms with Gasteiger partial charge >= 0.3 is 0 Å². The number of nitrogens with one attached hydrogen (secondary N) is 1. The Bertz CT molecular complexity index is 296. The van der Waals surface area contributed by atoms with Gasteiger partial charge in [0, 0.05) is 18.8 Å². The molecule has 0 radical (unpaired) electrons. The summed E-state index contributed by atoms with van der Waals surface area (Å²) in [6, 6.07) is 1.73. The molecule has 4 nitrogen and oxygen atoms in total. The van der Waals surface area contributed by atoms with Crippen LogP contribution in [0.2, 0.25) is 0 Å². The molecular weight excluding hydrogens is 214 g/mol. The molecule has 0 saturated heterocycles. The molecule has 1 rings (SSSR count). The number of hydrogen-bond acceptors (Lipinski definition) is 4. The van der Waals surface area contributed by atoms with Gasteiger partial charge in [-0.1, -0.05) is 6.92 Å². The highest BCUT2D eigenvalue weighted by Gasteiger charge is 2.03. The molecule has 1 heterocycles. The van der Waals surface area contributed by atoms with Crippen LogP contribution in [0.3, 0.4) is 0 Å². The van der Waals surface area contributed by atoms with Crippen LogP contribution in [0.5, 0.6) is 5.88 Å². The highest BCUT2D eigenvalue weighted by atomic mass is 35.5. The van der Waals surface area contributed by atoms with Crippen molar-refractivity contribution < 1.29 is 4.74 Å². The summed E-state index contributed by atoms with van der Waals surface area (Å²) in [5, 5.41) is 3.16. The Labute approximate surface area is 95.0 Å². The Balaban J connectivity index is 2.50. The van der Waals surface area contributed by atoms with Crippen LogP contribution >= 0.6 is 11.6 Å². The molecule has 5 heteroatoms. The van der Waals surface area contributed by atoms with Crippen molar-refractivity contribution in [2.24, 2.45) is 0 Å². The Morgan fingerprint density at radius 3 is 3.00 bits per heavy atom. The summed E-state index contributed by atoms with van der Waals surface area (Å²) < 4.78 is 5.26. The van der Waals surface area contributed by atoms with Crippen LogP contribution < -0.4 is 10.1 Å². The minimum Gasteiger partial charge on any atom is -0.478 e. The first kappa shape index (κ1) is 12.0. The molecule has 15 heavy (non-hydrogen) atoms. The highest BCUT2D eigenvalue weighted by molar-refractivity contribution is 6.20. The molecule has 84 valence electrons. The van der Waals surface area contributed by atoms with E-state index < -0.39 is 0 Å². The van der Waals surface area contributed by atoms with Crippen molar-refractivity contribution in [2.45, 2.75) is 25.6 Å². The molecular formula is C10H16ClN3O. The van der Waals surface area contributed by atoms with Crippen molar-refractivity contribution in [2.75, 3.05) is 18.5 Å². The van der Waals surface area contributed by atoms with Gasteiger partial charge in [-0.15, -0.1) is 11.6 Å². The quantitative estimate of drug-likeness (QED) is 0.761. The summed E-state index contributed by atoms with van der Waals surface area (Å²) in [5.74, 6) is 1.14. The van der Waals surface area contributed by atoms with E-state index in [4.69, 9.17) is 16.3 Å². The molecule has 1 aromatic heterocycles. The van der Waals surface area contributed by atoms with Gasteiger partial charge in [0.05, 0.1) is 12.0 Å². The lowest BCUT2D eigenvalue weighted by atomic mass is 10.3. The third-order valence-corrected chi connectivity index (χ3v) is 2.31. The summed E-state index contributed by atoms with van der Waals surface area (Å²) >= 11 is 5.97. The molecule has 0 saturated carbocycles. The molecule has 0 aromatic carbocycles. The maximum absolute atomic E-state index is 5.97. The number of ether oxygens (including phenoxy) is 1. The van der Waals surface area contributed by atoms with Crippen molar-refractivity contribution in [3.05, 3.63) is 12.3 Å². The molecule has 0 bridgehead atoms. The standard InChI is InChI=1S/C10H16ClN3O/c1-3-8(11)7-13-10-12-6-5-9(14-10)15-4-2/h5-6,8H,3-4,7H2,1-2H3,(H,12,13,14). The smallest absolute Gasteiger partial charge is 0.225 e. The van der Waals surface area contributed by atoms with E-state index in [0.717, 1.165) is 6.42 Å². The zero-order valence-electron chi connectivity index (χ0n) is 9.03. The summed E-state index contributed by atoms with van der Waals surface area (Å²) in [7, 11) is 0. The van der Waals surface area contributed by atoms with Gasteiger partial charge in [-0.3, -0.25) is 0 Å². The van der Waals surface area contributed by atoms with E-state index in [-0.39, 0.29) is 5.38 Å². The van der Waals surface area contributed by atoms with E-state index in [1.165, 1.54) is 0 Å². The van der Waals surface area contributed by atoms with Crippen LogP contribution in [0.15, 0.2) is 12.3 Å². The molecule has 0 aliphatic rings. The minimum atomic E-state index is 0.101. The second kappa shape index (κ2) is 6.45. The maximum atomic E-state index is 5.97. The summed E-state index contributed by atoms with van der Waals surface area (Å²) in [6.45, 7) is 5.22.